The first kappa shape index (κ1) is 10.4. The monoisotopic (exact) mass is 247 g/mol. The molecule has 0 spiro atoms. The van der Waals surface area contributed by atoms with Gasteiger partial charge in [-0.1, -0.05) is 18.2 Å². The van der Waals surface area contributed by atoms with E-state index in [0.29, 0.717) is 0 Å². The van der Waals surface area contributed by atoms with E-state index in [-0.39, 0.29) is 0 Å². The molecule has 3 heteroatoms. The quantitative estimate of drug-likeness (QED) is 0.510. The van der Waals surface area contributed by atoms with E-state index in [1.807, 2.05) is 24.5 Å². The van der Waals surface area contributed by atoms with Gasteiger partial charge >= 0.3 is 0 Å². The van der Waals surface area contributed by atoms with E-state index < -0.39 is 0 Å². The van der Waals surface area contributed by atoms with Gasteiger partial charge in [0, 0.05) is 23.6 Å². The predicted molar refractivity (Wildman–Crippen MR) is 77.0 cm³/mol. The summed E-state index contributed by atoms with van der Waals surface area (Å²) < 4.78 is 2.14. The number of aromatic nitrogens is 2. The molecule has 0 fully saturated rings. The molecule has 0 aliphatic carbocycles. The molecular formula is C16H13N3. The lowest BCUT2D eigenvalue weighted by Crippen LogP contribution is -1.96. The van der Waals surface area contributed by atoms with Gasteiger partial charge in [0.15, 0.2) is 0 Å². The number of fused-ring (bicyclic) bond motifs is 5. The first-order chi connectivity index (χ1) is 9.33. The maximum atomic E-state index is 4.51. The molecule has 0 amide bonds. The lowest BCUT2D eigenvalue weighted by atomic mass is 10.1. The standard InChI is InChI=1S/C16H13N3/c1-11-6-7-14-15(10-11)19-9-8-17-16(19)12-4-2-3-5-13(12)18-14/h2-10,18H,1H3. The lowest BCUT2D eigenvalue weighted by Gasteiger charge is -2.10. The number of nitrogens with zero attached hydrogens (tertiary/aromatic N) is 2. The Labute approximate surface area is 111 Å². The normalized spacial score (nSPS) is 11.8. The van der Waals surface area contributed by atoms with Crippen LogP contribution in [0.25, 0.3) is 17.1 Å². The molecule has 1 aromatic heterocycles. The average molecular weight is 247 g/mol. The molecule has 4 rings (SSSR count). The summed E-state index contributed by atoms with van der Waals surface area (Å²) in [6, 6.07) is 14.7. The Morgan fingerprint density at radius 1 is 1.05 bits per heavy atom. The van der Waals surface area contributed by atoms with Crippen molar-refractivity contribution in [1.82, 2.24) is 9.55 Å². The number of hydrogen-bond donors (Lipinski definition) is 1. The topological polar surface area (TPSA) is 29.9 Å². The Morgan fingerprint density at radius 2 is 1.95 bits per heavy atom. The van der Waals surface area contributed by atoms with Gasteiger partial charge in [0.25, 0.3) is 0 Å². The molecule has 3 aromatic rings. The van der Waals surface area contributed by atoms with Crippen LogP contribution < -0.4 is 5.32 Å². The molecule has 2 heterocycles. The molecule has 3 nitrogen and oxygen atoms in total. The van der Waals surface area contributed by atoms with Crippen molar-refractivity contribution in [2.75, 3.05) is 5.32 Å². The summed E-state index contributed by atoms with van der Waals surface area (Å²) in [5.74, 6) is 0.979. The van der Waals surface area contributed by atoms with Gasteiger partial charge < -0.3 is 5.32 Å². The SMILES string of the molecule is Cc1ccc2c(c1)-n1ccnc1-c1ccccc1N2. The van der Waals surface area contributed by atoms with E-state index in [4.69, 9.17) is 0 Å². The van der Waals surface area contributed by atoms with Crippen LogP contribution in [0.4, 0.5) is 11.4 Å². The molecule has 0 unspecified atom stereocenters. The molecule has 19 heavy (non-hydrogen) atoms. The average Bonchev–Trinajstić information content (AvgIpc) is 2.86. The molecular weight excluding hydrogens is 234 g/mol. The highest BCUT2D eigenvalue weighted by atomic mass is 15.1. The second-order valence-electron chi connectivity index (χ2n) is 4.81. The Kier molecular flexibility index (Phi) is 2.03. The van der Waals surface area contributed by atoms with E-state index in [9.17, 15) is 0 Å². The maximum absolute atomic E-state index is 4.51. The largest absolute Gasteiger partial charge is 0.353 e. The van der Waals surface area contributed by atoms with Crippen LogP contribution in [0.1, 0.15) is 5.56 Å². The van der Waals surface area contributed by atoms with Crippen molar-refractivity contribution in [3.05, 3.63) is 60.4 Å². The van der Waals surface area contributed by atoms with Gasteiger partial charge in [-0.3, -0.25) is 4.57 Å². The first-order valence-electron chi connectivity index (χ1n) is 6.34. The smallest absolute Gasteiger partial charge is 0.146 e. The summed E-state index contributed by atoms with van der Waals surface area (Å²) >= 11 is 0. The molecule has 0 bridgehead atoms. The Bertz CT molecular complexity index is 771. The molecule has 2 aromatic carbocycles. The third-order valence-corrected chi connectivity index (χ3v) is 3.49. The highest BCUT2D eigenvalue weighted by Gasteiger charge is 2.18. The van der Waals surface area contributed by atoms with Crippen LogP contribution in [0.2, 0.25) is 0 Å². The van der Waals surface area contributed by atoms with Crippen LogP contribution in [0.5, 0.6) is 0 Å². The van der Waals surface area contributed by atoms with Gasteiger partial charge in [0.05, 0.1) is 11.4 Å². The minimum Gasteiger partial charge on any atom is -0.353 e. The summed E-state index contributed by atoms with van der Waals surface area (Å²) in [5, 5.41) is 3.50. The van der Waals surface area contributed by atoms with Crippen molar-refractivity contribution in [1.29, 1.82) is 0 Å². The van der Waals surface area contributed by atoms with Crippen molar-refractivity contribution >= 4 is 11.4 Å². The number of rotatable bonds is 0. The van der Waals surface area contributed by atoms with E-state index in [1.165, 1.54) is 5.56 Å². The van der Waals surface area contributed by atoms with Crippen LogP contribution in [0, 0.1) is 6.92 Å². The Morgan fingerprint density at radius 3 is 2.89 bits per heavy atom. The zero-order valence-electron chi connectivity index (χ0n) is 10.6. The molecule has 0 saturated carbocycles. The number of benzene rings is 2. The van der Waals surface area contributed by atoms with E-state index >= 15 is 0 Å². The predicted octanol–water partition coefficient (Wildman–Crippen LogP) is 3.90. The molecule has 92 valence electrons. The minimum atomic E-state index is 0.979. The molecule has 1 N–H and O–H groups in total. The van der Waals surface area contributed by atoms with Gasteiger partial charge in [0.1, 0.15) is 5.82 Å². The molecule has 0 radical (unpaired) electrons. The van der Waals surface area contributed by atoms with Gasteiger partial charge in [-0.05, 0) is 36.8 Å². The number of hydrogen-bond acceptors (Lipinski definition) is 2. The molecule has 0 atom stereocenters. The van der Waals surface area contributed by atoms with Crippen molar-refractivity contribution in [3.8, 4) is 17.1 Å². The number of imidazole rings is 1. The van der Waals surface area contributed by atoms with Gasteiger partial charge in [-0.2, -0.15) is 0 Å². The zero-order valence-corrected chi connectivity index (χ0v) is 10.6. The Hall–Kier alpha value is -2.55. The van der Waals surface area contributed by atoms with Crippen molar-refractivity contribution in [2.24, 2.45) is 0 Å². The number of anilines is 2. The summed E-state index contributed by atoms with van der Waals surface area (Å²) in [7, 11) is 0. The van der Waals surface area contributed by atoms with Crippen LogP contribution in [-0.2, 0) is 0 Å². The second kappa shape index (κ2) is 3.72. The van der Waals surface area contributed by atoms with Crippen LogP contribution in [0.15, 0.2) is 54.9 Å². The molecule has 1 aliphatic rings. The second-order valence-corrected chi connectivity index (χ2v) is 4.81. The maximum Gasteiger partial charge on any atom is 0.146 e. The van der Waals surface area contributed by atoms with E-state index in [2.05, 4.69) is 52.1 Å². The Balaban J connectivity index is 2.10. The van der Waals surface area contributed by atoms with Gasteiger partial charge in [-0.25, -0.2) is 4.98 Å². The van der Waals surface area contributed by atoms with Crippen LogP contribution in [-0.4, -0.2) is 9.55 Å². The molecule has 1 aliphatic heterocycles. The third kappa shape index (κ3) is 1.48. The molecule has 0 saturated heterocycles. The highest BCUT2D eigenvalue weighted by Crippen LogP contribution is 2.37. The van der Waals surface area contributed by atoms with Crippen molar-refractivity contribution in [2.45, 2.75) is 6.92 Å². The van der Waals surface area contributed by atoms with Crippen molar-refractivity contribution < 1.29 is 0 Å². The highest BCUT2D eigenvalue weighted by molar-refractivity contribution is 5.84. The third-order valence-electron chi connectivity index (χ3n) is 3.49. The summed E-state index contributed by atoms with van der Waals surface area (Å²) in [6.07, 6.45) is 3.86. The van der Waals surface area contributed by atoms with Gasteiger partial charge in [0.2, 0.25) is 0 Å². The number of para-hydroxylation sites is 1. The van der Waals surface area contributed by atoms with E-state index in [0.717, 1.165) is 28.5 Å². The van der Waals surface area contributed by atoms with Crippen LogP contribution in [0.3, 0.4) is 0 Å². The number of aryl methyl sites for hydroxylation is 1. The van der Waals surface area contributed by atoms with Crippen LogP contribution >= 0.6 is 0 Å². The fourth-order valence-corrected chi connectivity index (χ4v) is 2.58. The summed E-state index contributed by atoms with van der Waals surface area (Å²) in [4.78, 5) is 4.51. The van der Waals surface area contributed by atoms with Gasteiger partial charge in [-0.15, -0.1) is 0 Å². The summed E-state index contributed by atoms with van der Waals surface area (Å²) in [6.45, 7) is 2.11. The fourth-order valence-electron chi connectivity index (χ4n) is 2.58. The first-order valence-corrected chi connectivity index (χ1v) is 6.34. The minimum absolute atomic E-state index is 0.979. The zero-order chi connectivity index (χ0) is 12.8. The summed E-state index contributed by atoms with van der Waals surface area (Å²) in [5.41, 5.74) is 5.71. The van der Waals surface area contributed by atoms with E-state index in [1.54, 1.807) is 0 Å². The lowest BCUT2D eigenvalue weighted by molar-refractivity contribution is 1.07. The number of nitrogens with one attached hydrogen (secondary N) is 1. The van der Waals surface area contributed by atoms with Crippen molar-refractivity contribution in [3.63, 3.8) is 0 Å². The fraction of sp³-hybridized carbons (Fsp3) is 0.0625.